The first-order chi connectivity index (χ1) is 5.12. The first kappa shape index (κ1) is 11.6. The van der Waals surface area contributed by atoms with Gasteiger partial charge in [0.2, 0.25) is 5.91 Å². The Kier molecular flexibility index (Phi) is 3.45. The molecular weight excluding hydrogens is 181 g/mol. The lowest BCUT2D eigenvalue weighted by molar-refractivity contribution is -0.117. The SMILES string of the molecule is CC(=O)NP(=O)(O)OC(C)(C)C. The molecule has 72 valence electrons. The number of carbonyl (C=O) groups is 1. The third kappa shape index (κ3) is 6.34. The molecule has 2 N–H and O–H groups in total. The van der Waals surface area contributed by atoms with Crippen molar-refractivity contribution in [2.24, 2.45) is 0 Å². The Hall–Kier alpha value is -0.380. The van der Waals surface area contributed by atoms with Gasteiger partial charge in [-0.15, -0.1) is 0 Å². The van der Waals surface area contributed by atoms with Gasteiger partial charge in [0, 0.05) is 6.92 Å². The van der Waals surface area contributed by atoms with E-state index in [0.29, 0.717) is 0 Å². The zero-order valence-corrected chi connectivity index (χ0v) is 8.51. The molecule has 0 radical (unpaired) electrons. The number of carbonyl (C=O) groups excluding carboxylic acids is 1. The average molecular weight is 195 g/mol. The smallest absolute Gasteiger partial charge is 0.308 e. The fraction of sp³-hybridized carbons (Fsp3) is 0.833. The lowest BCUT2D eigenvalue weighted by Crippen LogP contribution is -2.25. The van der Waals surface area contributed by atoms with Gasteiger partial charge in [-0.1, -0.05) is 0 Å². The summed E-state index contributed by atoms with van der Waals surface area (Å²) in [6, 6.07) is 0. The Labute approximate surface area is 71.7 Å². The molecule has 0 rings (SSSR count). The summed E-state index contributed by atoms with van der Waals surface area (Å²) in [4.78, 5) is 19.4. The van der Waals surface area contributed by atoms with Crippen molar-refractivity contribution < 1.29 is 18.8 Å². The quantitative estimate of drug-likeness (QED) is 0.645. The van der Waals surface area contributed by atoms with E-state index >= 15 is 0 Å². The van der Waals surface area contributed by atoms with Crippen LogP contribution in [0.15, 0.2) is 0 Å². The molecule has 0 saturated heterocycles. The van der Waals surface area contributed by atoms with Crippen molar-refractivity contribution in [2.75, 3.05) is 0 Å². The van der Waals surface area contributed by atoms with Gasteiger partial charge < -0.3 is 4.89 Å². The van der Waals surface area contributed by atoms with E-state index < -0.39 is 19.3 Å². The van der Waals surface area contributed by atoms with E-state index in [4.69, 9.17) is 9.42 Å². The van der Waals surface area contributed by atoms with E-state index in [0.717, 1.165) is 6.92 Å². The molecular formula is C6H14NO4P. The van der Waals surface area contributed by atoms with E-state index in [1.54, 1.807) is 20.8 Å². The largest absolute Gasteiger partial charge is 0.432 e. The Morgan fingerprint density at radius 1 is 1.50 bits per heavy atom. The van der Waals surface area contributed by atoms with Gasteiger partial charge in [0.15, 0.2) is 0 Å². The van der Waals surface area contributed by atoms with Crippen LogP contribution in [0.4, 0.5) is 0 Å². The van der Waals surface area contributed by atoms with Crippen LogP contribution < -0.4 is 5.09 Å². The minimum absolute atomic E-state index is 0.593. The van der Waals surface area contributed by atoms with Crippen molar-refractivity contribution in [3.8, 4) is 0 Å². The van der Waals surface area contributed by atoms with Crippen molar-refractivity contribution in [3.63, 3.8) is 0 Å². The maximum atomic E-state index is 11.0. The van der Waals surface area contributed by atoms with Gasteiger partial charge in [0.25, 0.3) is 0 Å². The lowest BCUT2D eigenvalue weighted by Gasteiger charge is -2.22. The molecule has 0 saturated carbocycles. The zero-order chi connectivity index (χ0) is 9.99. The highest BCUT2D eigenvalue weighted by Gasteiger charge is 2.27. The summed E-state index contributed by atoms with van der Waals surface area (Å²) in [5.74, 6) is -0.593. The maximum absolute atomic E-state index is 11.0. The number of nitrogens with one attached hydrogen (secondary N) is 1. The van der Waals surface area contributed by atoms with Crippen molar-refractivity contribution in [3.05, 3.63) is 0 Å². The lowest BCUT2D eigenvalue weighted by atomic mass is 10.2. The van der Waals surface area contributed by atoms with E-state index in [2.05, 4.69) is 0 Å². The highest BCUT2D eigenvalue weighted by atomic mass is 31.2. The van der Waals surface area contributed by atoms with Gasteiger partial charge in [0.1, 0.15) is 0 Å². The van der Waals surface area contributed by atoms with Crippen LogP contribution in [-0.4, -0.2) is 16.4 Å². The average Bonchev–Trinajstić information content (AvgIpc) is 1.48. The second-order valence-corrected chi connectivity index (χ2v) is 4.84. The third-order valence-corrected chi connectivity index (χ3v) is 2.09. The van der Waals surface area contributed by atoms with Crippen LogP contribution >= 0.6 is 7.75 Å². The normalized spacial score (nSPS) is 16.8. The van der Waals surface area contributed by atoms with E-state index in [-0.39, 0.29) is 0 Å². The molecule has 0 bridgehead atoms. The van der Waals surface area contributed by atoms with Gasteiger partial charge in [0.05, 0.1) is 5.60 Å². The van der Waals surface area contributed by atoms with Crippen molar-refractivity contribution >= 4 is 13.7 Å². The van der Waals surface area contributed by atoms with Gasteiger partial charge >= 0.3 is 7.75 Å². The van der Waals surface area contributed by atoms with Crippen LogP contribution in [0.1, 0.15) is 27.7 Å². The van der Waals surface area contributed by atoms with Gasteiger partial charge in [-0.25, -0.2) is 4.57 Å². The molecule has 0 aliphatic carbocycles. The highest BCUT2D eigenvalue weighted by molar-refractivity contribution is 7.51. The predicted octanol–water partition coefficient (Wildman–Crippen LogP) is 1.04. The fourth-order valence-electron chi connectivity index (χ4n) is 0.593. The zero-order valence-electron chi connectivity index (χ0n) is 7.62. The van der Waals surface area contributed by atoms with Crippen LogP contribution in [0.2, 0.25) is 0 Å². The Morgan fingerprint density at radius 2 is 1.92 bits per heavy atom. The van der Waals surface area contributed by atoms with Crippen molar-refractivity contribution in [2.45, 2.75) is 33.3 Å². The van der Waals surface area contributed by atoms with Gasteiger partial charge in [-0.2, -0.15) is 0 Å². The number of hydrogen-bond acceptors (Lipinski definition) is 3. The molecule has 0 aromatic heterocycles. The third-order valence-electron chi connectivity index (χ3n) is 0.696. The summed E-state index contributed by atoms with van der Waals surface area (Å²) in [5, 5.41) is 1.83. The molecule has 1 amide bonds. The molecule has 0 aromatic rings. The summed E-state index contributed by atoms with van der Waals surface area (Å²) in [6.07, 6.45) is 0. The van der Waals surface area contributed by atoms with E-state index in [9.17, 15) is 9.36 Å². The topological polar surface area (TPSA) is 75.6 Å². The fourth-order valence-corrected chi connectivity index (χ4v) is 1.78. The molecule has 0 heterocycles. The second-order valence-electron chi connectivity index (χ2n) is 3.39. The standard InChI is InChI=1S/C6H14NO4P/c1-5(8)7-12(9,10)11-6(2,3)4/h1-4H3,(H2,7,8,9,10). The van der Waals surface area contributed by atoms with Crippen LogP contribution in [0, 0.1) is 0 Å². The Morgan fingerprint density at radius 3 is 2.17 bits per heavy atom. The van der Waals surface area contributed by atoms with Gasteiger partial charge in [-0.05, 0) is 20.8 Å². The van der Waals surface area contributed by atoms with Crippen LogP contribution in [0.25, 0.3) is 0 Å². The summed E-state index contributed by atoms with van der Waals surface area (Å²) in [5.41, 5.74) is -0.757. The summed E-state index contributed by atoms with van der Waals surface area (Å²) >= 11 is 0. The molecule has 0 aliphatic rings. The van der Waals surface area contributed by atoms with Crippen LogP contribution in [0.3, 0.4) is 0 Å². The molecule has 0 aliphatic heterocycles. The molecule has 5 nitrogen and oxygen atoms in total. The first-order valence-electron chi connectivity index (χ1n) is 3.45. The predicted molar refractivity (Wildman–Crippen MR) is 44.5 cm³/mol. The second kappa shape index (κ2) is 3.56. The van der Waals surface area contributed by atoms with Crippen LogP contribution in [-0.2, 0) is 13.9 Å². The molecule has 0 aromatic carbocycles. The van der Waals surface area contributed by atoms with Crippen molar-refractivity contribution in [1.29, 1.82) is 0 Å². The molecule has 12 heavy (non-hydrogen) atoms. The minimum Gasteiger partial charge on any atom is -0.308 e. The molecule has 1 atom stereocenters. The summed E-state index contributed by atoms with van der Waals surface area (Å²) in [7, 11) is -3.97. The Bertz CT molecular complexity index is 220. The molecule has 0 spiro atoms. The monoisotopic (exact) mass is 195 g/mol. The maximum Gasteiger partial charge on any atom is 0.432 e. The molecule has 0 fully saturated rings. The number of amides is 1. The molecule has 1 unspecified atom stereocenters. The molecule has 6 heteroatoms. The number of hydrogen-bond donors (Lipinski definition) is 2. The summed E-state index contributed by atoms with van der Waals surface area (Å²) in [6.45, 7) is 6.02. The first-order valence-corrected chi connectivity index (χ1v) is 5.02. The summed E-state index contributed by atoms with van der Waals surface area (Å²) < 4.78 is 15.8. The van der Waals surface area contributed by atoms with Crippen LogP contribution in [0.5, 0.6) is 0 Å². The van der Waals surface area contributed by atoms with Crippen molar-refractivity contribution in [1.82, 2.24) is 5.09 Å². The Balaban J connectivity index is 4.24. The minimum atomic E-state index is -3.97. The van der Waals surface area contributed by atoms with Gasteiger partial charge in [-0.3, -0.25) is 14.4 Å². The number of rotatable bonds is 2. The van der Waals surface area contributed by atoms with E-state index in [1.165, 1.54) is 0 Å². The van der Waals surface area contributed by atoms with E-state index in [1.807, 2.05) is 5.09 Å². The highest BCUT2D eigenvalue weighted by Crippen LogP contribution is 2.41.